The monoisotopic (exact) mass is 505 g/mol. The van der Waals surface area contributed by atoms with Crippen LogP contribution in [0, 0.1) is 17.6 Å². The lowest BCUT2D eigenvalue weighted by molar-refractivity contribution is 0.0666. The second-order valence-corrected chi connectivity index (χ2v) is 9.92. The van der Waals surface area contributed by atoms with Crippen LogP contribution < -0.4 is 4.74 Å². The fourth-order valence-electron chi connectivity index (χ4n) is 5.54. The van der Waals surface area contributed by atoms with Crippen molar-refractivity contribution in [2.75, 3.05) is 46.1 Å². The highest BCUT2D eigenvalue weighted by Crippen LogP contribution is 2.43. The Hall–Kier alpha value is -2.62. The van der Waals surface area contributed by atoms with Crippen molar-refractivity contribution >= 4 is 10.9 Å². The second kappa shape index (κ2) is 10.4. The first-order valence-electron chi connectivity index (χ1n) is 12.4. The fraction of sp³-hybridized carbons (Fsp3) is 0.481. The number of aliphatic hydroxyl groups is 1. The van der Waals surface area contributed by atoms with E-state index in [0.717, 1.165) is 28.6 Å². The van der Waals surface area contributed by atoms with E-state index < -0.39 is 30.5 Å². The lowest BCUT2D eigenvalue weighted by Gasteiger charge is -2.41. The van der Waals surface area contributed by atoms with Crippen LogP contribution in [0.5, 0.6) is 5.75 Å². The maximum absolute atomic E-state index is 15.6. The molecule has 1 aromatic heterocycles. The van der Waals surface area contributed by atoms with Gasteiger partial charge in [-0.15, -0.1) is 0 Å². The van der Waals surface area contributed by atoms with Gasteiger partial charge in [-0.3, -0.25) is 14.2 Å². The van der Waals surface area contributed by atoms with Crippen molar-refractivity contribution in [3.05, 3.63) is 64.9 Å². The van der Waals surface area contributed by atoms with Crippen LogP contribution in [0.2, 0.25) is 0 Å². The lowest BCUT2D eigenvalue weighted by atomic mass is 9.88. The van der Waals surface area contributed by atoms with Crippen LogP contribution in [0.4, 0.5) is 17.6 Å². The number of para-hydroxylation sites is 1. The molecule has 2 N–H and O–H groups in total. The van der Waals surface area contributed by atoms with Gasteiger partial charge < -0.3 is 14.8 Å². The number of aliphatic hydroxyl groups excluding tert-OH is 1. The fourth-order valence-corrected chi connectivity index (χ4v) is 5.54. The summed E-state index contributed by atoms with van der Waals surface area (Å²) in [6.45, 7) is 2.83. The van der Waals surface area contributed by atoms with E-state index in [4.69, 9.17) is 4.74 Å². The molecule has 0 unspecified atom stereocenters. The van der Waals surface area contributed by atoms with Crippen LogP contribution in [0.3, 0.4) is 0 Å². The first-order chi connectivity index (χ1) is 17.4. The number of nitrogens with zero attached hydrogens (tertiary/aromatic N) is 2. The number of alkyl halides is 2. The van der Waals surface area contributed by atoms with Crippen LogP contribution in [0.25, 0.3) is 10.9 Å². The number of rotatable bonds is 9. The zero-order valence-corrected chi connectivity index (χ0v) is 20.2. The molecule has 5 nitrogen and oxygen atoms in total. The van der Waals surface area contributed by atoms with Gasteiger partial charge in [-0.05, 0) is 25.0 Å². The number of nitrogens with one attached hydrogen (secondary N) is 1. The van der Waals surface area contributed by atoms with Crippen molar-refractivity contribution in [2.24, 2.45) is 5.92 Å². The van der Waals surface area contributed by atoms with E-state index in [1.165, 1.54) is 0 Å². The second-order valence-electron chi connectivity index (χ2n) is 9.92. The average Bonchev–Trinajstić information content (AvgIpc) is 3.19. The van der Waals surface area contributed by atoms with Gasteiger partial charge in [0.2, 0.25) is 0 Å². The highest BCUT2D eigenvalue weighted by atomic mass is 19.1. The number of aromatic nitrogens is 1. The molecule has 0 aliphatic carbocycles. The Morgan fingerprint density at radius 3 is 2.58 bits per heavy atom. The zero-order chi connectivity index (χ0) is 25.4. The Morgan fingerprint density at radius 1 is 1.17 bits per heavy atom. The van der Waals surface area contributed by atoms with Gasteiger partial charge in [0.15, 0.2) is 0 Å². The third-order valence-electron chi connectivity index (χ3n) is 7.38. The Bertz CT molecular complexity index is 1190. The smallest absolute Gasteiger partial charge is 0.136 e. The molecule has 194 valence electrons. The first-order valence-corrected chi connectivity index (χ1v) is 12.4. The molecule has 0 saturated carbocycles. The van der Waals surface area contributed by atoms with Crippen LogP contribution in [0.15, 0.2) is 36.4 Å². The standard InChI is InChI=1S/C27H31F4N3O2/c1-16-8-21-20-4-2-3-5-24(20)32-26(21)27(34(16)14-18(29)15-35)25-22(30)9-19(10-23(25)31)36-7-6-33-12-17(11-28)13-33/h2-5,9-10,16-18,27,32,35H,6-8,11-15H2,1H3/t16-,18+,27-/m1/s1. The highest BCUT2D eigenvalue weighted by molar-refractivity contribution is 5.85. The predicted molar refractivity (Wildman–Crippen MR) is 130 cm³/mol. The number of fused-ring (bicyclic) bond motifs is 3. The molecule has 0 spiro atoms. The minimum absolute atomic E-state index is 0.0595. The van der Waals surface area contributed by atoms with Crippen LogP contribution in [0.1, 0.15) is 29.8 Å². The summed E-state index contributed by atoms with van der Waals surface area (Å²) in [5.41, 5.74) is 2.26. The number of likely N-dealkylation sites (tertiary alicyclic amines) is 1. The molecule has 0 bridgehead atoms. The van der Waals surface area contributed by atoms with Crippen molar-refractivity contribution in [3.8, 4) is 5.75 Å². The van der Waals surface area contributed by atoms with Crippen molar-refractivity contribution in [1.82, 2.24) is 14.8 Å². The largest absolute Gasteiger partial charge is 0.492 e. The molecule has 0 amide bonds. The molecule has 9 heteroatoms. The molecular formula is C27H31F4N3O2. The third-order valence-corrected chi connectivity index (χ3v) is 7.38. The number of hydrogen-bond donors (Lipinski definition) is 2. The minimum atomic E-state index is -1.55. The summed E-state index contributed by atoms with van der Waals surface area (Å²) in [6.07, 6.45) is -0.967. The number of hydrogen-bond acceptors (Lipinski definition) is 4. The summed E-state index contributed by atoms with van der Waals surface area (Å²) in [5, 5.41) is 10.3. The van der Waals surface area contributed by atoms with Gasteiger partial charge in [0, 0.05) is 72.4 Å². The minimum Gasteiger partial charge on any atom is -0.492 e. The van der Waals surface area contributed by atoms with Crippen LogP contribution >= 0.6 is 0 Å². The number of halogens is 4. The molecule has 1 saturated heterocycles. The van der Waals surface area contributed by atoms with E-state index in [0.29, 0.717) is 31.7 Å². The molecule has 2 aromatic carbocycles. The summed E-state index contributed by atoms with van der Waals surface area (Å²) in [5.74, 6) is -1.43. The SMILES string of the molecule is C[C@@H]1Cc2c([nH]c3ccccc23)[C@@H](c2c(F)cc(OCCN3CC(CF)C3)cc2F)N1C[C@H](F)CO. The van der Waals surface area contributed by atoms with E-state index >= 15 is 8.78 Å². The van der Waals surface area contributed by atoms with E-state index in [1.54, 1.807) is 4.90 Å². The Labute approximate surface area is 207 Å². The maximum atomic E-state index is 15.6. The number of ether oxygens (including phenoxy) is 1. The van der Waals surface area contributed by atoms with E-state index in [1.807, 2.05) is 36.1 Å². The molecule has 3 aromatic rings. The van der Waals surface area contributed by atoms with Gasteiger partial charge in [-0.1, -0.05) is 18.2 Å². The molecule has 2 aliphatic rings. The van der Waals surface area contributed by atoms with E-state index in [2.05, 4.69) is 4.98 Å². The molecule has 3 atom stereocenters. The maximum Gasteiger partial charge on any atom is 0.136 e. The van der Waals surface area contributed by atoms with Crippen molar-refractivity contribution in [3.63, 3.8) is 0 Å². The summed E-state index contributed by atoms with van der Waals surface area (Å²) >= 11 is 0. The molecule has 1 fully saturated rings. The average molecular weight is 506 g/mol. The summed E-state index contributed by atoms with van der Waals surface area (Å²) in [6, 6.07) is 8.89. The summed E-state index contributed by atoms with van der Waals surface area (Å²) in [7, 11) is 0. The number of aromatic amines is 1. The van der Waals surface area contributed by atoms with Crippen molar-refractivity contribution in [1.29, 1.82) is 0 Å². The van der Waals surface area contributed by atoms with Crippen LogP contribution in [-0.2, 0) is 6.42 Å². The Balaban J connectivity index is 1.46. The summed E-state index contributed by atoms with van der Waals surface area (Å²) < 4.78 is 63.7. The Morgan fingerprint density at radius 2 is 1.89 bits per heavy atom. The molecule has 3 heterocycles. The normalized spacial score (nSPS) is 21.9. The lowest BCUT2D eigenvalue weighted by Crippen LogP contribution is -2.49. The number of benzene rings is 2. The van der Waals surface area contributed by atoms with Gasteiger partial charge in [-0.25, -0.2) is 13.2 Å². The molecule has 5 rings (SSSR count). The topological polar surface area (TPSA) is 51.7 Å². The first kappa shape index (κ1) is 25.0. The van der Waals surface area contributed by atoms with Gasteiger partial charge in [0.05, 0.1) is 19.3 Å². The quantitative estimate of drug-likeness (QED) is 0.424. The van der Waals surface area contributed by atoms with Gasteiger partial charge in [0.1, 0.15) is 30.2 Å². The van der Waals surface area contributed by atoms with Crippen molar-refractivity contribution < 1.29 is 27.4 Å². The van der Waals surface area contributed by atoms with E-state index in [-0.39, 0.29) is 43.1 Å². The molecule has 0 radical (unpaired) electrons. The van der Waals surface area contributed by atoms with Crippen LogP contribution in [-0.4, -0.2) is 78.2 Å². The van der Waals surface area contributed by atoms with Gasteiger partial charge in [0.25, 0.3) is 0 Å². The highest BCUT2D eigenvalue weighted by Gasteiger charge is 2.39. The molecular weight excluding hydrogens is 474 g/mol. The third kappa shape index (κ3) is 4.71. The predicted octanol–water partition coefficient (Wildman–Crippen LogP) is 4.39. The van der Waals surface area contributed by atoms with Gasteiger partial charge >= 0.3 is 0 Å². The van der Waals surface area contributed by atoms with Crippen molar-refractivity contribution in [2.45, 2.75) is 31.6 Å². The Kier molecular flexibility index (Phi) is 7.23. The van der Waals surface area contributed by atoms with Gasteiger partial charge in [-0.2, -0.15) is 0 Å². The molecule has 2 aliphatic heterocycles. The number of H-pyrrole nitrogens is 1. The molecule has 36 heavy (non-hydrogen) atoms. The zero-order valence-electron chi connectivity index (χ0n) is 20.2. The van der Waals surface area contributed by atoms with E-state index in [9.17, 15) is 13.9 Å². The summed E-state index contributed by atoms with van der Waals surface area (Å²) in [4.78, 5) is 7.06.